The van der Waals surface area contributed by atoms with Crippen LogP contribution in [0.15, 0.2) is 23.0 Å². The van der Waals surface area contributed by atoms with E-state index in [-0.39, 0.29) is 45.8 Å². The second-order valence-electron chi connectivity index (χ2n) is 2.05. The summed E-state index contributed by atoms with van der Waals surface area (Å²) in [5.74, 6) is 0. The van der Waals surface area contributed by atoms with Gasteiger partial charge in [0.05, 0.1) is 0 Å². The van der Waals surface area contributed by atoms with Crippen LogP contribution >= 0.6 is 0 Å². The van der Waals surface area contributed by atoms with Crippen molar-refractivity contribution in [1.82, 2.24) is 9.97 Å². The van der Waals surface area contributed by atoms with Gasteiger partial charge in [-0.2, -0.15) is 18.2 Å². The molecule has 2 N–H and O–H groups in total. The van der Waals surface area contributed by atoms with Crippen LogP contribution in [0.3, 0.4) is 0 Å². The number of hydrogen-bond donors (Lipinski definition) is 2. The molecule has 0 saturated heterocycles. The third kappa shape index (κ3) is 2.05. The number of aromatic amines is 2. The molecule has 0 atom stereocenters. The molecule has 2 aromatic rings. The van der Waals surface area contributed by atoms with Gasteiger partial charge in [0.25, 0.3) is 0 Å². The van der Waals surface area contributed by atoms with Gasteiger partial charge in [-0.15, -0.1) is 6.07 Å². The third-order valence-electron chi connectivity index (χ3n) is 1.36. The summed E-state index contributed by atoms with van der Waals surface area (Å²) in [5, 5.41) is 0. The van der Waals surface area contributed by atoms with E-state index < -0.39 is 0 Å². The molecule has 0 amide bonds. The average Bonchev–Trinajstić information content (AvgIpc) is 2.27. The van der Waals surface area contributed by atoms with Crippen molar-refractivity contribution in [1.29, 1.82) is 0 Å². The first-order valence-corrected chi connectivity index (χ1v) is 2.94. The van der Waals surface area contributed by atoms with Gasteiger partial charge in [-0.3, -0.25) is 0 Å². The van der Waals surface area contributed by atoms with Crippen molar-refractivity contribution in [2.45, 2.75) is 0 Å². The fraction of sp³-hybridized carbons (Fsp3) is 0. The largest absolute Gasteiger partial charge is 0.359 e. The Bertz CT molecular complexity index is 368. The molecule has 2 rings (SSSR count). The molecule has 0 aliphatic rings. The van der Waals surface area contributed by atoms with Crippen molar-refractivity contribution in [3.05, 3.63) is 42.2 Å². The summed E-state index contributed by atoms with van der Waals surface area (Å²) in [7, 11) is 0. The number of benzene rings is 1. The summed E-state index contributed by atoms with van der Waals surface area (Å²) in [6.07, 6.45) is 0. The number of rotatable bonds is 0. The molecule has 0 fully saturated rings. The van der Waals surface area contributed by atoms with E-state index in [0.29, 0.717) is 0 Å². The van der Waals surface area contributed by atoms with E-state index in [1.807, 2.05) is 0 Å². The summed E-state index contributed by atoms with van der Waals surface area (Å²) in [4.78, 5) is 15.9. The van der Waals surface area contributed by atoms with Crippen molar-refractivity contribution in [2.24, 2.45) is 0 Å². The molecular weight excluding hydrogens is 229 g/mol. The monoisotopic (exact) mass is 237 g/mol. The molecule has 1 aromatic heterocycles. The summed E-state index contributed by atoms with van der Waals surface area (Å²) in [6, 6.07) is 8.14. The predicted octanol–water partition coefficient (Wildman–Crippen LogP) is 1.10. The van der Waals surface area contributed by atoms with Gasteiger partial charge >= 0.3 is 5.69 Å². The van der Waals surface area contributed by atoms with Gasteiger partial charge in [-0.05, 0) is 11.0 Å². The van der Waals surface area contributed by atoms with Gasteiger partial charge in [0.15, 0.2) is 0 Å². The van der Waals surface area contributed by atoms with Crippen LogP contribution < -0.4 is 5.69 Å². The molecule has 61 valence electrons. The summed E-state index contributed by atoms with van der Waals surface area (Å²) >= 11 is 0. The van der Waals surface area contributed by atoms with E-state index in [2.05, 4.69) is 16.0 Å². The van der Waals surface area contributed by atoms with Crippen LogP contribution in [0.2, 0.25) is 0 Å². The Kier molecular flexibility index (Phi) is 4.42. The number of H-pyrrole nitrogens is 2. The topological polar surface area (TPSA) is 48.6 Å². The van der Waals surface area contributed by atoms with Crippen molar-refractivity contribution < 1.29 is 32.7 Å². The van der Waals surface area contributed by atoms with E-state index in [1.54, 1.807) is 18.2 Å². The number of imidazole rings is 1. The zero-order chi connectivity index (χ0) is 6.97. The smallest absolute Gasteiger partial charge is 0.310 e. The molecule has 0 bridgehead atoms. The van der Waals surface area contributed by atoms with E-state index >= 15 is 0 Å². The normalized spacial score (nSPS) is 8.67. The number of nitrogens with one attached hydrogen (secondary N) is 2. The Hall–Kier alpha value is -0.406. The SMILES string of the molecule is O=c1[nH]c2c[c-]ccc2[nH]1.[CH3-].[Y]. The maximum absolute atomic E-state index is 10.7. The molecule has 3 nitrogen and oxygen atoms in total. The van der Waals surface area contributed by atoms with E-state index in [1.165, 1.54) is 0 Å². The first-order chi connectivity index (χ1) is 4.86. The van der Waals surface area contributed by atoms with Gasteiger partial charge in [-0.1, -0.05) is 0 Å². The van der Waals surface area contributed by atoms with Crippen LogP contribution in [0.4, 0.5) is 0 Å². The van der Waals surface area contributed by atoms with E-state index in [4.69, 9.17) is 0 Å². The van der Waals surface area contributed by atoms with Crippen LogP contribution in [0.1, 0.15) is 0 Å². The summed E-state index contributed by atoms with van der Waals surface area (Å²) < 4.78 is 0. The Labute approximate surface area is 95.5 Å². The Morgan fingerprint density at radius 3 is 2.58 bits per heavy atom. The Morgan fingerprint density at radius 2 is 1.92 bits per heavy atom. The minimum atomic E-state index is -0.172. The average molecular weight is 237 g/mol. The van der Waals surface area contributed by atoms with Crippen LogP contribution in [0, 0.1) is 13.5 Å². The minimum absolute atomic E-state index is 0. The third-order valence-corrected chi connectivity index (χ3v) is 1.36. The molecular formula is C8H8N2OY-2. The van der Waals surface area contributed by atoms with Gasteiger partial charge in [-0.25, -0.2) is 4.79 Å². The van der Waals surface area contributed by atoms with Crippen molar-refractivity contribution in [3.8, 4) is 0 Å². The van der Waals surface area contributed by atoms with Crippen LogP contribution in [0.25, 0.3) is 11.0 Å². The number of aromatic nitrogens is 2. The molecule has 0 aliphatic heterocycles. The van der Waals surface area contributed by atoms with Crippen LogP contribution in [0.5, 0.6) is 0 Å². The molecule has 0 spiro atoms. The summed E-state index contributed by atoms with van der Waals surface area (Å²) in [5.41, 5.74) is 1.45. The molecule has 0 saturated carbocycles. The predicted molar refractivity (Wildman–Crippen MR) is 44.2 cm³/mol. The first-order valence-electron chi connectivity index (χ1n) is 2.94. The molecule has 1 radical (unpaired) electrons. The van der Waals surface area contributed by atoms with E-state index in [0.717, 1.165) is 11.0 Å². The number of hydrogen-bond acceptors (Lipinski definition) is 1. The van der Waals surface area contributed by atoms with Gasteiger partial charge in [0.2, 0.25) is 0 Å². The second-order valence-corrected chi connectivity index (χ2v) is 2.05. The van der Waals surface area contributed by atoms with Crippen molar-refractivity contribution >= 4 is 11.0 Å². The van der Waals surface area contributed by atoms with Crippen LogP contribution in [-0.2, 0) is 32.7 Å². The second kappa shape index (κ2) is 4.58. The number of fused-ring (bicyclic) bond motifs is 1. The van der Waals surface area contributed by atoms with E-state index in [9.17, 15) is 4.79 Å². The van der Waals surface area contributed by atoms with Crippen molar-refractivity contribution in [3.63, 3.8) is 0 Å². The fourth-order valence-electron chi connectivity index (χ4n) is 0.919. The zero-order valence-electron chi connectivity index (χ0n) is 6.72. The molecule has 1 aromatic carbocycles. The quantitative estimate of drug-likeness (QED) is 0.662. The van der Waals surface area contributed by atoms with Crippen molar-refractivity contribution in [2.75, 3.05) is 0 Å². The Morgan fingerprint density at radius 1 is 1.25 bits per heavy atom. The standard InChI is InChI=1S/C7H5N2O.CH3.Y/c10-7-8-5-3-1-2-4-6(5)9-7;;/h1,3-4H,(H2,8,9,10);1H3;/q2*-1;. The van der Waals surface area contributed by atoms with Gasteiger partial charge < -0.3 is 17.4 Å². The van der Waals surface area contributed by atoms with Gasteiger partial charge in [0, 0.05) is 32.7 Å². The molecule has 0 aliphatic carbocycles. The molecule has 12 heavy (non-hydrogen) atoms. The minimum Gasteiger partial charge on any atom is -0.359 e. The fourth-order valence-corrected chi connectivity index (χ4v) is 0.919. The molecule has 0 unspecified atom stereocenters. The van der Waals surface area contributed by atoms with Crippen LogP contribution in [-0.4, -0.2) is 9.97 Å². The van der Waals surface area contributed by atoms with Gasteiger partial charge in [0.1, 0.15) is 0 Å². The molecule has 4 heteroatoms. The Balaban J connectivity index is 0.000000605. The summed E-state index contributed by atoms with van der Waals surface area (Å²) in [6.45, 7) is 0. The maximum atomic E-state index is 10.7. The zero-order valence-corrected chi connectivity index (χ0v) is 9.56. The first kappa shape index (κ1) is 11.6. The molecule has 1 heterocycles. The maximum Gasteiger partial charge on any atom is 0.310 e.